The second-order valence-corrected chi connectivity index (χ2v) is 15.2. The molecule has 6 rings (SSSR count). The van der Waals surface area contributed by atoms with Gasteiger partial charge in [-0.15, -0.1) is 0 Å². The van der Waals surface area contributed by atoms with E-state index in [1.54, 1.807) is 0 Å². The number of hydrogen-bond acceptors (Lipinski definition) is 14. The molecule has 4 N–H and O–H groups in total. The zero-order chi connectivity index (χ0) is 36.9. The Bertz CT molecular complexity index is 2380. The Hall–Kier alpha value is -4.72. The van der Waals surface area contributed by atoms with Gasteiger partial charge in [0.2, 0.25) is 31.5 Å². The number of methoxy groups -OCH3 is 2. The Morgan fingerprint density at radius 2 is 0.904 bits per heavy atom. The summed E-state index contributed by atoms with van der Waals surface area (Å²) in [6, 6.07) is 8.18. The van der Waals surface area contributed by atoms with Crippen LogP contribution in [0.1, 0.15) is 25.7 Å². The second kappa shape index (κ2) is 15.9. The predicted octanol–water partition coefficient (Wildman–Crippen LogP) is 3.41. The van der Waals surface area contributed by atoms with Gasteiger partial charge in [-0.1, -0.05) is 0 Å². The molecule has 0 radical (unpaired) electrons. The van der Waals surface area contributed by atoms with Gasteiger partial charge in [-0.25, -0.2) is 35.9 Å². The summed E-state index contributed by atoms with van der Waals surface area (Å²) in [5.41, 5.74) is -0.976. The van der Waals surface area contributed by atoms with Gasteiger partial charge in [-0.05, 0) is 76.1 Å². The van der Waals surface area contributed by atoms with Crippen molar-refractivity contribution in [2.45, 2.75) is 35.5 Å². The molecular weight excluding hydrogens is 721 g/mol. The second-order valence-electron chi connectivity index (χ2n) is 11.8. The number of nitrogens with one attached hydrogen (secondary N) is 4. The standard InChI is InChI=1S/C34H38N4O12S2/c1-45-31-27-23(11-19-47-27)33(21-7-9-25(39)49-29(21)31)51(41,42)37-17-5-15-35-13-3-4-14-36-16-6-18-38-52(43,44)34-22-8-10-26(40)50-30(22)32(46-2)28-24(34)12-20-48-28/h7-12,19-20,35-38H,3-6,13-18H2,1-2H3. The number of rotatable bonds is 19. The van der Waals surface area contributed by atoms with Crippen LogP contribution in [0.4, 0.5) is 0 Å². The van der Waals surface area contributed by atoms with Crippen LogP contribution >= 0.6 is 0 Å². The minimum absolute atomic E-state index is 0.00751. The molecule has 0 aliphatic heterocycles. The first kappa shape index (κ1) is 37.1. The van der Waals surface area contributed by atoms with Crippen molar-refractivity contribution in [1.82, 2.24) is 20.1 Å². The van der Waals surface area contributed by atoms with E-state index in [1.807, 2.05) is 0 Å². The van der Waals surface area contributed by atoms with Crippen LogP contribution in [0.15, 0.2) is 86.0 Å². The molecule has 0 bridgehead atoms. The highest BCUT2D eigenvalue weighted by Gasteiger charge is 2.28. The summed E-state index contributed by atoms with van der Waals surface area (Å²) in [6.07, 6.45) is 5.54. The molecule has 4 aromatic heterocycles. The fourth-order valence-electron chi connectivity index (χ4n) is 6.04. The van der Waals surface area contributed by atoms with E-state index < -0.39 is 31.3 Å². The molecular formula is C34H38N4O12S2. The van der Waals surface area contributed by atoms with Crippen molar-refractivity contribution < 1.29 is 44.0 Å². The van der Waals surface area contributed by atoms with Crippen LogP contribution in [0.25, 0.3) is 43.9 Å². The predicted molar refractivity (Wildman–Crippen MR) is 192 cm³/mol. The Kier molecular flexibility index (Phi) is 11.3. The SMILES string of the molecule is COc1c2occc2c(S(=O)(=O)NCCCNCCCCNCCCNS(=O)(=O)c2c3ccoc3c(OC)c3oc(=O)ccc23)c2ccc(=O)oc12. The third-order valence-corrected chi connectivity index (χ3v) is 11.5. The Morgan fingerprint density at radius 1 is 0.519 bits per heavy atom. The van der Waals surface area contributed by atoms with Crippen molar-refractivity contribution in [1.29, 1.82) is 0 Å². The van der Waals surface area contributed by atoms with Gasteiger partial charge in [0.05, 0.1) is 26.7 Å². The molecule has 0 spiro atoms. The van der Waals surface area contributed by atoms with Crippen molar-refractivity contribution in [2.75, 3.05) is 53.5 Å². The number of furan rings is 2. The van der Waals surface area contributed by atoms with E-state index in [9.17, 15) is 26.4 Å². The molecule has 52 heavy (non-hydrogen) atoms. The first-order valence-electron chi connectivity index (χ1n) is 16.5. The minimum Gasteiger partial charge on any atom is -0.490 e. The molecule has 0 fully saturated rings. The van der Waals surface area contributed by atoms with Gasteiger partial charge in [-0.2, -0.15) is 0 Å². The number of sulfonamides is 2. The van der Waals surface area contributed by atoms with Gasteiger partial charge in [0.15, 0.2) is 22.3 Å². The summed E-state index contributed by atoms with van der Waals surface area (Å²) in [7, 11) is -5.24. The van der Waals surface area contributed by atoms with Gasteiger partial charge in [0.1, 0.15) is 9.79 Å². The lowest BCUT2D eigenvalue weighted by atomic mass is 10.1. The van der Waals surface area contributed by atoms with Gasteiger partial charge in [-0.3, -0.25) is 0 Å². The van der Waals surface area contributed by atoms with Crippen molar-refractivity contribution in [3.05, 3.63) is 69.8 Å². The molecule has 2 aromatic carbocycles. The molecule has 0 saturated carbocycles. The topological polar surface area (TPSA) is 222 Å². The van der Waals surface area contributed by atoms with E-state index in [4.69, 9.17) is 27.1 Å². The maximum absolute atomic E-state index is 13.4. The Labute approximate surface area is 297 Å². The Morgan fingerprint density at radius 3 is 1.31 bits per heavy atom. The molecule has 6 aromatic rings. The van der Waals surface area contributed by atoms with E-state index in [0.717, 1.165) is 38.1 Å². The number of benzene rings is 2. The third-order valence-electron chi connectivity index (χ3n) is 8.35. The number of hydrogen-bond donors (Lipinski definition) is 4. The number of fused-ring (bicyclic) bond motifs is 4. The highest BCUT2D eigenvalue weighted by molar-refractivity contribution is 7.90. The van der Waals surface area contributed by atoms with Crippen LogP contribution in [0.2, 0.25) is 0 Å². The maximum Gasteiger partial charge on any atom is 0.336 e. The van der Waals surface area contributed by atoms with Crippen LogP contribution < -0.4 is 40.8 Å². The summed E-state index contributed by atoms with van der Waals surface area (Å²) in [6.45, 7) is 3.03. The quantitative estimate of drug-likeness (QED) is 0.0687. The average Bonchev–Trinajstić information content (AvgIpc) is 3.79. The van der Waals surface area contributed by atoms with Gasteiger partial charge in [0.25, 0.3) is 0 Å². The summed E-state index contributed by atoms with van der Waals surface area (Å²) in [4.78, 5) is 23.7. The van der Waals surface area contributed by atoms with Crippen LogP contribution in [-0.4, -0.2) is 70.3 Å². The van der Waals surface area contributed by atoms with Gasteiger partial charge < -0.3 is 37.8 Å². The summed E-state index contributed by atoms with van der Waals surface area (Å²) < 4.78 is 91.0. The van der Waals surface area contributed by atoms with Crippen LogP contribution in [0.3, 0.4) is 0 Å². The molecule has 0 unspecified atom stereocenters. The van der Waals surface area contributed by atoms with Gasteiger partial charge in [0, 0.05) is 46.8 Å². The third kappa shape index (κ3) is 7.57. The Balaban J connectivity index is 0.893. The fraction of sp³-hybridized carbons (Fsp3) is 0.353. The monoisotopic (exact) mass is 758 g/mol. The lowest BCUT2D eigenvalue weighted by molar-refractivity contribution is 0.402. The van der Waals surface area contributed by atoms with Crippen molar-refractivity contribution in [3.8, 4) is 11.5 Å². The first-order valence-corrected chi connectivity index (χ1v) is 19.5. The van der Waals surface area contributed by atoms with Crippen molar-refractivity contribution in [3.63, 3.8) is 0 Å². The molecule has 16 nitrogen and oxygen atoms in total. The summed E-state index contributed by atoms with van der Waals surface area (Å²) in [5.74, 6) is 0.285. The molecule has 278 valence electrons. The average molecular weight is 759 g/mol. The zero-order valence-electron chi connectivity index (χ0n) is 28.4. The lowest BCUT2D eigenvalue weighted by Crippen LogP contribution is -2.29. The molecule has 0 amide bonds. The molecule has 18 heteroatoms. The van der Waals surface area contributed by atoms with Crippen molar-refractivity contribution >= 4 is 63.9 Å². The van der Waals surface area contributed by atoms with E-state index in [0.29, 0.717) is 36.7 Å². The van der Waals surface area contributed by atoms with E-state index >= 15 is 0 Å². The minimum atomic E-state index is -4.00. The van der Waals surface area contributed by atoms with Crippen LogP contribution in [0.5, 0.6) is 11.5 Å². The smallest absolute Gasteiger partial charge is 0.336 e. The molecule has 0 atom stereocenters. The van der Waals surface area contributed by atoms with E-state index in [-0.39, 0.29) is 67.5 Å². The summed E-state index contributed by atoms with van der Waals surface area (Å²) in [5, 5.41) is 7.66. The largest absolute Gasteiger partial charge is 0.490 e. The molecule has 0 saturated heterocycles. The van der Waals surface area contributed by atoms with E-state index in [1.165, 1.54) is 51.0 Å². The highest BCUT2D eigenvalue weighted by atomic mass is 32.2. The highest BCUT2D eigenvalue weighted by Crippen LogP contribution is 2.41. The summed E-state index contributed by atoms with van der Waals surface area (Å²) >= 11 is 0. The van der Waals surface area contributed by atoms with E-state index in [2.05, 4.69) is 20.1 Å². The zero-order valence-corrected chi connectivity index (χ0v) is 30.0. The number of unbranched alkanes of at least 4 members (excludes halogenated alkanes) is 1. The fourth-order valence-corrected chi connectivity index (χ4v) is 8.95. The normalized spacial score (nSPS) is 12.4. The molecule has 0 aliphatic rings. The number of ether oxygens (including phenoxy) is 2. The van der Waals surface area contributed by atoms with Crippen LogP contribution in [0, 0.1) is 0 Å². The molecule has 4 heterocycles. The first-order chi connectivity index (χ1) is 25.1. The van der Waals surface area contributed by atoms with Crippen LogP contribution in [-0.2, 0) is 20.0 Å². The van der Waals surface area contributed by atoms with Gasteiger partial charge >= 0.3 is 11.3 Å². The van der Waals surface area contributed by atoms with Crippen molar-refractivity contribution in [2.24, 2.45) is 0 Å². The lowest BCUT2D eigenvalue weighted by Gasteiger charge is -2.13. The maximum atomic E-state index is 13.4. The molecule has 0 aliphatic carbocycles.